The Bertz CT molecular complexity index is 359. The Balaban J connectivity index is 1.87. The Morgan fingerprint density at radius 1 is 1.05 bits per heavy atom. The summed E-state index contributed by atoms with van der Waals surface area (Å²) in [6.07, 6.45) is 4.82. The summed E-state index contributed by atoms with van der Waals surface area (Å²) in [5.74, 6) is 0.0516. The zero-order valence-electron chi connectivity index (χ0n) is 12.3. The van der Waals surface area contributed by atoms with Crippen LogP contribution in [0.5, 0.6) is 0 Å². The fourth-order valence-electron chi connectivity index (χ4n) is 3.09. The van der Waals surface area contributed by atoms with Gasteiger partial charge in [0.05, 0.1) is 5.54 Å². The van der Waals surface area contributed by atoms with Gasteiger partial charge < -0.3 is 20.3 Å². The molecule has 0 aromatic rings. The molecule has 0 aromatic carbocycles. The minimum atomic E-state index is -0.670. The molecule has 114 valence electrons. The molecule has 1 aliphatic carbocycles. The van der Waals surface area contributed by atoms with Crippen LogP contribution in [0.1, 0.15) is 32.1 Å². The van der Waals surface area contributed by atoms with Gasteiger partial charge in [0.2, 0.25) is 11.8 Å². The quantitative estimate of drug-likeness (QED) is 0.789. The zero-order chi connectivity index (χ0) is 14.6. The van der Waals surface area contributed by atoms with Crippen molar-refractivity contribution in [3.63, 3.8) is 0 Å². The van der Waals surface area contributed by atoms with Crippen LogP contribution in [0.3, 0.4) is 0 Å². The van der Waals surface area contributed by atoms with Crippen molar-refractivity contribution in [2.75, 3.05) is 39.9 Å². The normalized spacial score (nSPS) is 22.7. The summed E-state index contributed by atoms with van der Waals surface area (Å²) in [6.45, 7) is 2.41. The molecule has 20 heavy (non-hydrogen) atoms. The lowest BCUT2D eigenvalue weighted by Gasteiger charge is -2.41. The van der Waals surface area contributed by atoms with Crippen molar-refractivity contribution in [3.8, 4) is 0 Å². The summed E-state index contributed by atoms with van der Waals surface area (Å²) >= 11 is 0. The molecular formula is C14H25N3O3. The molecule has 0 spiro atoms. The van der Waals surface area contributed by atoms with Crippen LogP contribution < -0.4 is 5.73 Å². The second-order valence-corrected chi connectivity index (χ2v) is 5.82. The third-order valence-electron chi connectivity index (χ3n) is 4.36. The molecule has 1 saturated heterocycles. The van der Waals surface area contributed by atoms with Gasteiger partial charge in [-0.25, -0.2) is 0 Å². The van der Waals surface area contributed by atoms with Gasteiger partial charge in [-0.1, -0.05) is 19.3 Å². The predicted octanol–water partition coefficient (Wildman–Crippen LogP) is -0.0348. The molecule has 2 N–H and O–H groups in total. The number of nitrogens with two attached hydrogens (primary N) is 1. The molecule has 1 heterocycles. The average molecular weight is 283 g/mol. The number of methoxy groups -OCH3 is 1. The fourth-order valence-corrected chi connectivity index (χ4v) is 3.09. The van der Waals surface area contributed by atoms with Crippen LogP contribution in [0, 0.1) is 0 Å². The highest BCUT2D eigenvalue weighted by Crippen LogP contribution is 2.28. The van der Waals surface area contributed by atoms with Crippen LogP contribution in [0.15, 0.2) is 0 Å². The van der Waals surface area contributed by atoms with E-state index in [-0.39, 0.29) is 18.4 Å². The van der Waals surface area contributed by atoms with Gasteiger partial charge in [-0.3, -0.25) is 9.59 Å². The summed E-state index contributed by atoms with van der Waals surface area (Å²) in [6, 6.07) is 0. The van der Waals surface area contributed by atoms with Gasteiger partial charge in [0.1, 0.15) is 6.61 Å². The number of hydrogen-bond acceptors (Lipinski definition) is 4. The molecule has 2 aliphatic rings. The van der Waals surface area contributed by atoms with Gasteiger partial charge >= 0.3 is 0 Å². The summed E-state index contributed by atoms with van der Waals surface area (Å²) in [4.78, 5) is 27.8. The molecule has 0 unspecified atom stereocenters. The minimum absolute atomic E-state index is 0.0141. The van der Waals surface area contributed by atoms with Crippen molar-refractivity contribution >= 4 is 11.8 Å². The van der Waals surface area contributed by atoms with Gasteiger partial charge in [-0.05, 0) is 12.8 Å². The van der Waals surface area contributed by atoms with Crippen LogP contribution >= 0.6 is 0 Å². The van der Waals surface area contributed by atoms with Gasteiger partial charge in [0.25, 0.3) is 0 Å². The number of ether oxygens (including phenoxy) is 1. The Hall–Kier alpha value is -1.14. The Morgan fingerprint density at radius 2 is 1.60 bits per heavy atom. The molecule has 1 saturated carbocycles. The van der Waals surface area contributed by atoms with Gasteiger partial charge in [0, 0.05) is 33.3 Å². The van der Waals surface area contributed by atoms with Crippen LogP contribution in [0.25, 0.3) is 0 Å². The van der Waals surface area contributed by atoms with E-state index in [4.69, 9.17) is 10.5 Å². The number of carbonyl (C=O) groups is 2. The van der Waals surface area contributed by atoms with Crippen LogP contribution in [-0.4, -0.2) is 67.0 Å². The summed E-state index contributed by atoms with van der Waals surface area (Å²) < 4.78 is 4.85. The summed E-state index contributed by atoms with van der Waals surface area (Å²) in [5.41, 5.74) is 5.61. The first-order valence-electron chi connectivity index (χ1n) is 7.42. The van der Waals surface area contributed by atoms with Crippen LogP contribution in [-0.2, 0) is 14.3 Å². The summed E-state index contributed by atoms with van der Waals surface area (Å²) in [7, 11) is 1.51. The molecule has 6 heteroatoms. The van der Waals surface area contributed by atoms with Crippen molar-refractivity contribution < 1.29 is 14.3 Å². The first-order valence-corrected chi connectivity index (χ1v) is 7.42. The fraction of sp³-hybridized carbons (Fsp3) is 0.857. The number of carbonyl (C=O) groups excluding carboxylic acids is 2. The molecule has 2 rings (SSSR count). The maximum absolute atomic E-state index is 12.5. The molecule has 2 fully saturated rings. The lowest BCUT2D eigenvalue weighted by molar-refractivity contribution is -0.145. The first-order chi connectivity index (χ1) is 9.57. The highest BCUT2D eigenvalue weighted by Gasteiger charge is 2.39. The molecule has 0 radical (unpaired) electrons. The zero-order valence-corrected chi connectivity index (χ0v) is 12.3. The van der Waals surface area contributed by atoms with Crippen molar-refractivity contribution in [2.24, 2.45) is 5.73 Å². The maximum Gasteiger partial charge on any atom is 0.248 e. The molecule has 6 nitrogen and oxygen atoms in total. The van der Waals surface area contributed by atoms with E-state index in [0.29, 0.717) is 26.2 Å². The Kier molecular flexibility index (Phi) is 4.99. The highest BCUT2D eigenvalue weighted by molar-refractivity contribution is 5.86. The SMILES string of the molecule is COCC(=O)N1CCN(C(=O)C2(N)CCCCC2)CC1. The largest absolute Gasteiger partial charge is 0.375 e. The summed E-state index contributed by atoms with van der Waals surface area (Å²) in [5, 5.41) is 0. The first kappa shape index (κ1) is 15.3. The molecule has 2 amide bonds. The van der Waals surface area contributed by atoms with Crippen LogP contribution in [0.4, 0.5) is 0 Å². The van der Waals surface area contributed by atoms with Crippen molar-refractivity contribution in [1.29, 1.82) is 0 Å². The smallest absolute Gasteiger partial charge is 0.248 e. The number of hydrogen-bond donors (Lipinski definition) is 1. The second-order valence-electron chi connectivity index (χ2n) is 5.82. The molecule has 1 aliphatic heterocycles. The van der Waals surface area contributed by atoms with Crippen LogP contribution in [0.2, 0.25) is 0 Å². The van der Waals surface area contributed by atoms with E-state index in [9.17, 15) is 9.59 Å². The van der Waals surface area contributed by atoms with E-state index in [2.05, 4.69) is 0 Å². The number of nitrogens with zero attached hydrogens (tertiary/aromatic N) is 2. The van der Waals surface area contributed by atoms with Crippen molar-refractivity contribution in [1.82, 2.24) is 9.80 Å². The number of amides is 2. The lowest BCUT2D eigenvalue weighted by Crippen LogP contribution is -2.60. The highest BCUT2D eigenvalue weighted by atomic mass is 16.5. The molecular weight excluding hydrogens is 258 g/mol. The maximum atomic E-state index is 12.5. The van der Waals surface area contributed by atoms with Crippen molar-refractivity contribution in [2.45, 2.75) is 37.6 Å². The standard InChI is InChI=1S/C14H25N3O3/c1-20-11-12(18)16-7-9-17(10-8-16)13(19)14(15)5-3-2-4-6-14/h2-11,15H2,1H3. The van der Waals surface area contributed by atoms with E-state index in [1.807, 2.05) is 4.90 Å². The molecule has 0 bridgehead atoms. The average Bonchev–Trinajstić information content (AvgIpc) is 2.48. The Morgan fingerprint density at radius 3 is 2.15 bits per heavy atom. The van der Waals surface area contributed by atoms with Gasteiger partial charge in [-0.15, -0.1) is 0 Å². The second kappa shape index (κ2) is 6.54. The van der Waals surface area contributed by atoms with E-state index < -0.39 is 5.54 Å². The molecule has 0 atom stereocenters. The van der Waals surface area contributed by atoms with Gasteiger partial charge in [-0.2, -0.15) is 0 Å². The van der Waals surface area contributed by atoms with E-state index in [1.165, 1.54) is 13.5 Å². The topological polar surface area (TPSA) is 75.9 Å². The number of rotatable bonds is 3. The van der Waals surface area contributed by atoms with E-state index in [0.717, 1.165) is 25.7 Å². The predicted molar refractivity (Wildman–Crippen MR) is 75.0 cm³/mol. The van der Waals surface area contributed by atoms with E-state index in [1.54, 1.807) is 4.90 Å². The minimum Gasteiger partial charge on any atom is -0.375 e. The third-order valence-corrected chi connectivity index (χ3v) is 4.36. The molecule has 0 aromatic heterocycles. The monoisotopic (exact) mass is 283 g/mol. The lowest BCUT2D eigenvalue weighted by atomic mass is 9.81. The van der Waals surface area contributed by atoms with Crippen molar-refractivity contribution in [3.05, 3.63) is 0 Å². The number of piperazine rings is 1. The van der Waals surface area contributed by atoms with Gasteiger partial charge in [0.15, 0.2) is 0 Å². The Labute approximate surface area is 120 Å². The van der Waals surface area contributed by atoms with E-state index >= 15 is 0 Å². The third kappa shape index (κ3) is 3.30.